The van der Waals surface area contributed by atoms with Gasteiger partial charge in [0.05, 0.1) is 12.8 Å². The maximum Gasteiger partial charge on any atom is 0.336 e. The number of unbranched alkanes of at least 4 members (excludes halogenated alkanes) is 7. The van der Waals surface area contributed by atoms with Crippen molar-refractivity contribution in [2.24, 2.45) is 0 Å². The summed E-state index contributed by atoms with van der Waals surface area (Å²) in [6.45, 7) is 2.20. The standard InChI is InChI=1S/C10H20O2.C6H8O7.C6H10O4/c1-2-3-4-5-6-7-8-9-10(11)12;7-3(8)1-6(13,5(11)12)2-4(9)10;7-5(8)3-1-2-4-6(9)10/h2-9H2,1H3,(H,11,12);13H,1-2H2,(H,7,8)(H,9,10)(H,11,12);1-4H2,(H,7,8)(H,9,10). The monoisotopic (exact) mass is 510 g/mol. The van der Waals surface area contributed by atoms with Crippen molar-refractivity contribution in [1.82, 2.24) is 0 Å². The quantitative estimate of drug-likeness (QED) is 0.131. The average molecular weight is 511 g/mol. The molecule has 0 heterocycles. The van der Waals surface area contributed by atoms with Crippen molar-refractivity contribution in [3.8, 4) is 0 Å². The number of carboxylic acids is 6. The lowest BCUT2D eigenvalue weighted by Crippen LogP contribution is -2.42. The molecular formula is C22H38O13. The molecule has 35 heavy (non-hydrogen) atoms. The molecule has 0 saturated carbocycles. The summed E-state index contributed by atoms with van der Waals surface area (Å²) in [4.78, 5) is 60.4. The third kappa shape index (κ3) is 30.8. The third-order valence-corrected chi connectivity index (χ3v) is 4.31. The van der Waals surface area contributed by atoms with Gasteiger partial charge in [-0.15, -0.1) is 0 Å². The van der Waals surface area contributed by atoms with Gasteiger partial charge in [-0.25, -0.2) is 4.79 Å². The summed E-state index contributed by atoms with van der Waals surface area (Å²) >= 11 is 0. The highest BCUT2D eigenvalue weighted by atomic mass is 16.4. The smallest absolute Gasteiger partial charge is 0.336 e. The Balaban J connectivity index is -0.000000443. The fraction of sp³-hybridized carbons (Fsp3) is 0.727. The second-order valence-corrected chi connectivity index (χ2v) is 7.74. The van der Waals surface area contributed by atoms with Crippen LogP contribution >= 0.6 is 0 Å². The second kappa shape index (κ2) is 22.6. The van der Waals surface area contributed by atoms with Crippen LogP contribution in [-0.4, -0.2) is 77.2 Å². The molecule has 0 aromatic heterocycles. The van der Waals surface area contributed by atoms with Crippen molar-refractivity contribution in [3.63, 3.8) is 0 Å². The first-order valence-electron chi connectivity index (χ1n) is 11.2. The Labute approximate surface area is 203 Å². The van der Waals surface area contributed by atoms with E-state index < -0.39 is 54.3 Å². The van der Waals surface area contributed by atoms with Crippen molar-refractivity contribution in [2.75, 3.05) is 0 Å². The van der Waals surface area contributed by atoms with Crippen LogP contribution in [0.3, 0.4) is 0 Å². The van der Waals surface area contributed by atoms with Gasteiger partial charge in [0.1, 0.15) is 0 Å². The first kappa shape index (κ1) is 36.4. The molecule has 0 rings (SSSR count). The van der Waals surface area contributed by atoms with Gasteiger partial charge in [0.25, 0.3) is 0 Å². The third-order valence-electron chi connectivity index (χ3n) is 4.31. The fourth-order valence-corrected chi connectivity index (χ4v) is 2.50. The molecule has 204 valence electrons. The molecule has 0 atom stereocenters. The van der Waals surface area contributed by atoms with Crippen molar-refractivity contribution in [3.05, 3.63) is 0 Å². The largest absolute Gasteiger partial charge is 0.481 e. The first-order chi connectivity index (χ1) is 16.2. The summed E-state index contributed by atoms with van der Waals surface area (Å²) in [5.74, 6) is -7.42. The lowest BCUT2D eigenvalue weighted by atomic mass is 9.96. The highest BCUT2D eigenvalue weighted by molar-refractivity contribution is 5.88. The molecule has 0 aromatic carbocycles. The fourth-order valence-electron chi connectivity index (χ4n) is 2.50. The first-order valence-corrected chi connectivity index (χ1v) is 11.2. The highest BCUT2D eigenvalue weighted by Gasteiger charge is 2.40. The molecule has 0 unspecified atom stereocenters. The van der Waals surface area contributed by atoms with Crippen LogP contribution in [0.2, 0.25) is 0 Å². The summed E-state index contributed by atoms with van der Waals surface area (Å²) in [5.41, 5.74) is -2.74. The van der Waals surface area contributed by atoms with E-state index in [0.717, 1.165) is 12.8 Å². The maximum absolute atomic E-state index is 10.3. The van der Waals surface area contributed by atoms with E-state index in [9.17, 15) is 28.8 Å². The van der Waals surface area contributed by atoms with Crippen molar-refractivity contribution < 1.29 is 64.5 Å². The molecule has 0 saturated heterocycles. The van der Waals surface area contributed by atoms with E-state index in [2.05, 4.69) is 6.92 Å². The molecule has 0 fully saturated rings. The average Bonchev–Trinajstić information content (AvgIpc) is 2.70. The lowest BCUT2D eigenvalue weighted by Gasteiger charge is -2.18. The van der Waals surface area contributed by atoms with Crippen molar-refractivity contribution in [2.45, 2.75) is 102 Å². The molecule has 0 aliphatic heterocycles. The number of rotatable bonds is 18. The minimum absolute atomic E-state index is 0.0628. The van der Waals surface area contributed by atoms with Gasteiger partial charge in [0.2, 0.25) is 0 Å². The number of hydrogen-bond acceptors (Lipinski definition) is 7. The highest BCUT2D eigenvalue weighted by Crippen LogP contribution is 2.15. The number of carbonyl (C=O) groups is 6. The van der Waals surface area contributed by atoms with Gasteiger partial charge < -0.3 is 35.7 Å². The Kier molecular flexibility index (Phi) is 23.4. The molecule has 7 N–H and O–H groups in total. The van der Waals surface area contributed by atoms with Crippen LogP contribution in [0.15, 0.2) is 0 Å². The summed E-state index contributed by atoms with van der Waals surface area (Å²) < 4.78 is 0. The molecule has 0 radical (unpaired) electrons. The normalized spacial score (nSPS) is 10.1. The predicted octanol–water partition coefficient (Wildman–Crippen LogP) is 2.68. The molecule has 13 heteroatoms. The summed E-state index contributed by atoms with van der Waals surface area (Å²) in [7, 11) is 0. The molecule has 0 aliphatic rings. The Bertz CT molecular complexity index is 626. The Morgan fingerprint density at radius 2 is 0.771 bits per heavy atom. The van der Waals surface area contributed by atoms with Gasteiger partial charge in [-0.05, 0) is 19.3 Å². The number of hydrogen-bond donors (Lipinski definition) is 7. The van der Waals surface area contributed by atoms with Gasteiger partial charge in [0.15, 0.2) is 5.60 Å². The number of aliphatic carboxylic acids is 6. The van der Waals surface area contributed by atoms with Crippen LogP contribution in [0.4, 0.5) is 0 Å². The number of aliphatic hydroxyl groups is 1. The minimum atomic E-state index is -2.74. The van der Waals surface area contributed by atoms with Crippen LogP contribution in [-0.2, 0) is 28.8 Å². The molecule has 0 bridgehead atoms. The lowest BCUT2D eigenvalue weighted by molar-refractivity contribution is -0.170. The minimum Gasteiger partial charge on any atom is -0.481 e. The van der Waals surface area contributed by atoms with E-state index in [1.807, 2.05) is 0 Å². The van der Waals surface area contributed by atoms with Gasteiger partial charge in [-0.2, -0.15) is 0 Å². The van der Waals surface area contributed by atoms with E-state index in [4.69, 9.17) is 35.7 Å². The number of carboxylic acid groups (broad SMARTS) is 6. The van der Waals surface area contributed by atoms with Crippen molar-refractivity contribution in [1.29, 1.82) is 0 Å². The van der Waals surface area contributed by atoms with E-state index in [0.29, 0.717) is 19.3 Å². The Hall–Kier alpha value is -3.22. The van der Waals surface area contributed by atoms with E-state index in [1.54, 1.807) is 0 Å². The molecule has 13 nitrogen and oxygen atoms in total. The Morgan fingerprint density at radius 1 is 0.486 bits per heavy atom. The predicted molar refractivity (Wildman–Crippen MR) is 121 cm³/mol. The Morgan fingerprint density at radius 3 is 1.03 bits per heavy atom. The van der Waals surface area contributed by atoms with Gasteiger partial charge in [0, 0.05) is 19.3 Å². The van der Waals surface area contributed by atoms with Crippen LogP contribution in [0.5, 0.6) is 0 Å². The van der Waals surface area contributed by atoms with Gasteiger partial charge in [-0.1, -0.05) is 45.4 Å². The molecule has 0 aromatic rings. The van der Waals surface area contributed by atoms with Crippen LogP contribution in [0, 0.1) is 0 Å². The molecule has 0 amide bonds. The van der Waals surface area contributed by atoms with Crippen LogP contribution in [0.25, 0.3) is 0 Å². The maximum atomic E-state index is 10.3. The molecule has 0 spiro atoms. The SMILES string of the molecule is CCCCCCCCCC(=O)O.O=C(O)CC(O)(CC(=O)O)C(=O)O.O=C(O)CCCCC(=O)O. The zero-order valence-electron chi connectivity index (χ0n) is 20.0. The van der Waals surface area contributed by atoms with Crippen molar-refractivity contribution >= 4 is 35.8 Å². The van der Waals surface area contributed by atoms with Gasteiger partial charge >= 0.3 is 35.8 Å². The van der Waals surface area contributed by atoms with Gasteiger partial charge in [-0.3, -0.25) is 24.0 Å². The zero-order chi connectivity index (χ0) is 27.9. The van der Waals surface area contributed by atoms with E-state index >= 15 is 0 Å². The van der Waals surface area contributed by atoms with E-state index in [1.165, 1.54) is 32.1 Å². The molecule has 0 aliphatic carbocycles. The summed E-state index contributed by atoms with van der Waals surface area (Å²) in [5, 5.41) is 58.4. The molecular weight excluding hydrogens is 472 g/mol. The van der Waals surface area contributed by atoms with E-state index in [-0.39, 0.29) is 12.8 Å². The topological polar surface area (TPSA) is 244 Å². The zero-order valence-corrected chi connectivity index (χ0v) is 20.0. The summed E-state index contributed by atoms with van der Waals surface area (Å²) in [6.07, 6.45) is 7.37. The van der Waals surface area contributed by atoms with Crippen LogP contribution in [0.1, 0.15) is 96.8 Å². The second-order valence-electron chi connectivity index (χ2n) is 7.74. The summed E-state index contributed by atoms with van der Waals surface area (Å²) in [6, 6.07) is 0. The van der Waals surface area contributed by atoms with Crippen LogP contribution < -0.4 is 0 Å².